The Morgan fingerprint density at radius 2 is 1.75 bits per heavy atom. The van der Waals surface area contributed by atoms with Gasteiger partial charge in [-0.3, -0.25) is 14.2 Å². The fraction of sp³-hybridized carbons (Fsp3) is 0.478. The third kappa shape index (κ3) is 5.51. The second-order valence-corrected chi connectivity index (χ2v) is 9.06. The second kappa shape index (κ2) is 10.7. The van der Waals surface area contributed by atoms with Crippen LogP contribution in [0.25, 0.3) is 0 Å². The third-order valence-corrected chi connectivity index (χ3v) is 6.65. The highest BCUT2D eigenvalue weighted by Crippen LogP contribution is 2.23. The van der Waals surface area contributed by atoms with Crippen LogP contribution < -0.4 is 5.56 Å². The maximum absolute atomic E-state index is 13.0. The molecule has 0 aliphatic carbocycles. The normalized spacial score (nSPS) is 14.9. The molecule has 1 aliphatic heterocycles. The predicted octanol–water partition coefficient (Wildman–Crippen LogP) is 2.46. The fourth-order valence-electron chi connectivity index (χ4n) is 3.63. The number of hydrogen-bond acceptors (Lipinski definition) is 6. The van der Waals surface area contributed by atoms with E-state index in [1.54, 1.807) is 23.8 Å². The molecule has 2 heterocycles. The molecule has 1 fully saturated rings. The number of carbonyl (C=O) groups excluding carboxylic acids is 2. The van der Waals surface area contributed by atoms with Crippen LogP contribution in [0, 0.1) is 6.92 Å². The lowest BCUT2D eigenvalue weighted by Crippen LogP contribution is -2.52. The Labute approximate surface area is 192 Å². The third-order valence-electron chi connectivity index (χ3n) is 5.52. The number of rotatable bonds is 6. The first kappa shape index (κ1) is 23.8. The van der Waals surface area contributed by atoms with E-state index < -0.39 is 5.25 Å². The quantitative estimate of drug-likeness (QED) is 0.488. The summed E-state index contributed by atoms with van der Waals surface area (Å²) >= 11 is 1.29. The van der Waals surface area contributed by atoms with E-state index in [1.807, 2.05) is 44.2 Å². The molecule has 2 aromatic rings. The number of carbonyl (C=O) groups is 2. The maximum Gasteiger partial charge on any atom is 0.409 e. The van der Waals surface area contributed by atoms with Crippen molar-refractivity contribution < 1.29 is 14.3 Å². The summed E-state index contributed by atoms with van der Waals surface area (Å²) in [4.78, 5) is 45.8. The van der Waals surface area contributed by atoms with Crippen molar-refractivity contribution in [1.82, 2.24) is 19.4 Å². The maximum atomic E-state index is 13.0. The molecular formula is C23H30N4O4S. The molecule has 9 heteroatoms. The van der Waals surface area contributed by atoms with E-state index in [9.17, 15) is 14.4 Å². The summed E-state index contributed by atoms with van der Waals surface area (Å²) in [6.45, 7) is 7.59. The van der Waals surface area contributed by atoms with Crippen molar-refractivity contribution in [3.05, 3.63) is 57.5 Å². The minimum absolute atomic E-state index is 0.0289. The van der Waals surface area contributed by atoms with Crippen LogP contribution >= 0.6 is 11.8 Å². The Bertz CT molecular complexity index is 1020. The van der Waals surface area contributed by atoms with E-state index in [0.717, 1.165) is 5.56 Å². The minimum atomic E-state index is -0.401. The van der Waals surface area contributed by atoms with Crippen molar-refractivity contribution in [1.29, 1.82) is 0 Å². The van der Waals surface area contributed by atoms with Crippen LogP contribution in [0.1, 0.15) is 30.7 Å². The smallest absolute Gasteiger partial charge is 0.409 e. The molecule has 0 saturated carbocycles. The first-order valence-electron chi connectivity index (χ1n) is 10.8. The Balaban J connectivity index is 1.66. The van der Waals surface area contributed by atoms with Crippen LogP contribution in [0.5, 0.6) is 0 Å². The van der Waals surface area contributed by atoms with E-state index >= 15 is 0 Å². The number of thioether (sulfide) groups is 1. The SMILES string of the molecule is CCOC(=O)N1CCN(C(=O)C(C)Sc2nc(C)c(Cc3ccccc3)c(=O)n2C)CC1. The topological polar surface area (TPSA) is 84.7 Å². The molecule has 1 unspecified atom stereocenters. The van der Waals surface area contributed by atoms with Gasteiger partial charge in [-0.15, -0.1) is 0 Å². The van der Waals surface area contributed by atoms with E-state index in [4.69, 9.17) is 4.74 Å². The van der Waals surface area contributed by atoms with Gasteiger partial charge in [-0.1, -0.05) is 42.1 Å². The zero-order valence-corrected chi connectivity index (χ0v) is 19.9. The van der Waals surface area contributed by atoms with Gasteiger partial charge in [0.2, 0.25) is 5.91 Å². The van der Waals surface area contributed by atoms with Crippen LogP contribution in [-0.2, 0) is 23.0 Å². The summed E-state index contributed by atoms with van der Waals surface area (Å²) in [5.41, 5.74) is 2.31. The van der Waals surface area contributed by atoms with Gasteiger partial charge in [0, 0.05) is 50.9 Å². The summed E-state index contributed by atoms with van der Waals surface area (Å²) in [5.74, 6) is -0.0289. The molecule has 1 saturated heterocycles. The monoisotopic (exact) mass is 458 g/mol. The van der Waals surface area contributed by atoms with Gasteiger partial charge in [-0.05, 0) is 26.3 Å². The van der Waals surface area contributed by atoms with Crippen LogP contribution in [-0.4, -0.2) is 69.4 Å². The highest BCUT2D eigenvalue weighted by atomic mass is 32.2. The summed E-state index contributed by atoms with van der Waals surface area (Å²) in [6, 6.07) is 9.83. The van der Waals surface area contributed by atoms with Crippen molar-refractivity contribution in [2.75, 3.05) is 32.8 Å². The standard InChI is InChI=1S/C23H30N4O4S/c1-5-31-23(30)27-13-11-26(12-14-27)20(28)17(3)32-22-24-16(2)19(21(29)25(22)4)15-18-9-7-6-8-10-18/h6-10,17H,5,11-15H2,1-4H3. The zero-order chi connectivity index (χ0) is 23.3. The average molecular weight is 459 g/mol. The first-order valence-corrected chi connectivity index (χ1v) is 11.7. The highest BCUT2D eigenvalue weighted by molar-refractivity contribution is 8.00. The molecule has 32 heavy (non-hydrogen) atoms. The van der Waals surface area contributed by atoms with Crippen molar-refractivity contribution in [3.8, 4) is 0 Å². The Morgan fingerprint density at radius 1 is 1.12 bits per heavy atom. The predicted molar refractivity (Wildman–Crippen MR) is 124 cm³/mol. The van der Waals surface area contributed by atoms with E-state index in [-0.39, 0.29) is 17.6 Å². The van der Waals surface area contributed by atoms with E-state index in [0.29, 0.717) is 55.6 Å². The minimum Gasteiger partial charge on any atom is -0.450 e. The molecule has 8 nitrogen and oxygen atoms in total. The molecule has 2 amide bonds. The number of piperazine rings is 1. The molecule has 1 aliphatic rings. The number of aryl methyl sites for hydroxylation is 1. The van der Waals surface area contributed by atoms with Gasteiger partial charge >= 0.3 is 6.09 Å². The van der Waals surface area contributed by atoms with Crippen molar-refractivity contribution in [2.45, 2.75) is 37.6 Å². The van der Waals surface area contributed by atoms with Gasteiger partial charge in [-0.25, -0.2) is 9.78 Å². The van der Waals surface area contributed by atoms with Gasteiger partial charge in [0.15, 0.2) is 5.16 Å². The molecule has 172 valence electrons. The van der Waals surface area contributed by atoms with Crippen LogP contribution in [0.2, 0.25) is 0 Å². The molecule has 0 spiro atoms. The largest absolute Gasteiger partial charge is 0.450 e. The van der Waals surface area contributed by atoms with E-state index in [1.165, 1.54) is 16.3 Å². The molecule has 1 aromatic carbocycles. The summed E-state index contributed by atoms with van der Waals surface area (Å²) in [7, 11) is 1.70. The van der Waals surface area contributed by atoms with Gasteiger partial charge in [0.25, 0.3) is 5.56 Å². The summed E-state index contributed by atoms with van der Waals surface area (Å²) < 4.78 is 6.55. The highest BCUT2D eigenvalue weighted by Gasteiger charge is 2.28. The number of aromatic nitrogens is 2. The summed E-state index contributed by atoms with van der Waals surface area (Å²) in [6.07, 6.45) is 0.184. The molecule has 1 atom stereocenters. The Hall–Kier alpha value is -2.81. The molecule has 0 N–H and O–H groups in total. The van der Waals surface area contributed by atoms with Crippen molar-refractivity contribution >= 4 is 23.8 Å². The summed E-state index contributed by atoms with van der Waals surface area (Å²) in [5, 5.41) is 0.122. The van der Waals surface area contributed by atoms with Crippen LogP contribution in [0.3, 0.4) is 0 Å². The van der Waals surface area contributed by atoms with Gasteiger partial charge in [-0.2, -0.15) is 0 Å². The number of amides is 2. The first-order chi connectivity index (χ1) is 15.3. The number of ether oxygens (including phenoxy) is 1. The fourth-order valence-corrected chi connectivity index (χ4v) is 4.63. The van der Waals surface area contributed by atoms with Crippen LogP contribution in [0.4, 0.5) is 4.79 Å². The average Bonchev–Trinajstić information content (AvgIpc) is 2.80. The second-order valence-electron chi connectivity index (χ2n) is 7.76. The Kier molecular flexibility index (Phi) is 7.95. The van der Waals surface area contributed by atoms with Crippen LogP contribution in [0.15, 0.2) is 40.3 Å². The lowest BCUT2D eigenvalue weighted by molar-refractivity contribution is -0.131. The number of nitrogens with zero attached hydrogens (tertiary/aromatic N) is 4. The Morgan fingerprint density at radius 3 is 2.38 bits per heavy atom. The lowest BCUT2D eigenvalue weighted by Gasteiger charge is -2.35. The molecule has 0 radical (unpaired) electrons. The zero-order valence-electron chi connectivity index (χ0n) is 19.0. The molecule has 0 bridgehead atoms. The van der Waals surface area contributed by atoms with Crippen molar-refractivity contribution in [3.63, 3.8) is 0 Å². The molecule has 3 rings (SSSR count). The van der Waals surface area contributed by atoms with E-state index in [2.05, 4.69) is 4.98 Å². The number of hydrogen-bond donors (Lipinski definition) is 0. The van der Waals surface area contributed by atoms with Gasteiger partial charge in [0.1, 0.15) is 0 Å². The van der Waals surface area contributed by atoms with Gasteiger partial charge < -0.3 is 14.5 Å². The number of benzene rings is 1. The lowest BCUT2D eigenvalue weighted by atomic mass is 10.1. The van der Waals surface area contributed by atoms with Crippen molar-refractivity contribution in [2.24, 2.45) is 7.05 Å². The molecule has 1 aromatic heterocycles. The molecular weight excluding hydrogens is 428 g/mol. The van der Waals surface area contributed by atoms with Gasteiger partial charge in [0.05, 0.1) is 11.9 Å².